The molecule has 0 heterocycles. The maximum Gasteiger partial charge on any atom is 0.472 e. The Labute approximate surface area is 650 Å². The summed E-state index contributed by atoms with van der Waals surface area (Å²) < 4.78 is 68.8. The minimum Gasteiger partial charge on any atom is -0.462 e. The predicted octanol–water partition coefficient (Wildman–Crippen LogP) is 26.5. The number of carbonyl (C=O) groups is 4. The van der Waals surface area contributed by atoms with Crippen LogP contribution < -0.4 is 0 Å². The zero-order valence-corrected chi connectivity index (χ0v) is 70.7. The summed E-state index contributed by atoms with van der Waals surface area (Å²) in [5.74, 6) is -2.13. The molecule has 0 saturated heterocycles. The first-order valence-electron chi connectivity index (χ1n) is 44.6. The number of rotatable bonds is 86. The molecule has 0 aromatic heterocycles. The zero-order chi connectivity index (χ0) is 77.4. The van der Waals surface area contributed by atoms with Crippen LogP contribution in [0, 0.1) is 0 Å². The highest BCUT2D eigenvalue weighted by molar-refractivity contribution is 7.47. The minimum absolute atomic E-state index is 0.0857. The lowest BCUT2D eigenvalue weighted by Crippen LogP contribution is -2.30. The monoisotopic (exact) mass is 1550 g/mol. The van der Waals surface area contributed by atoms with Crippen LogP contribution in [-0.2, 0) is 65.4 Å². The third-order valence-electron chi connectivity index (χ3n) is 20.0. The van der Waals surface area contributed by atoms with Crippen molar-refractivity contribution in [1.82, 2.24) is 0 Å². The molecule has 0 aliphatic heterocycles. The van der Waals surface area contributed by atoms with Gasteiger partial charge >= 0.3 is 39.5 Å². The summed E-state index contributed by atoms with van der Waals surface area (Å²) in [6, 6.07) is 0. The molecule has 0 bridgehead atoms. The van der Waals surface area contributed by atoms with Gasteiger partial charge in [0, 0.05) is 25.7 Å². The fraction of sp³-hybridized carbons (Fsp3) is 0.908. The van der Waals surface area contributed by atoms with Gasteiger partial charge in [0.15, 0.2) is 12.2 Å². The van der Waals surface area contributed by atoms with E-state index in [1.807, 2.05) is 0 Å². The van der Waals surface area contributed by atoms with Crippen LogP contribution in [0.15, 0.2) is 24.3 Å². The molecule has 3 N–H and O–H groups in total. The zero-order valence-electron chi connectivity index (χ0n) is 68.9. The maximum atomic E-state index is 13.1. The second-order valence-corrected chi connectivity index (χ2v) is 33.5. The van der Waals surface area contributed by atoms with Crippen LogP contribution in [0.2, 0.25) is 0 Å². The summed E-state index contributed by atoms with van der Waals surface area (Å²) in [6.07, 6.45) is 78.8. The van der Waals surface area contributed by atoms with Gasteiger partial charge in [-0.2, -0.15) is 0 Å². The molecule has 0 aliphatic rings. The number of esters is 4. The van der Waals surface area contributed by atoms with Crippen molar-refractivity contribution in [3.63, 3.8) is 0 Å². The minimum atomic E-state index is -4.97. The van der Waals surface area contributed by atoms with Gasteiger partial charge in [0.25, 0.3) is 0 Å². The van der Waals surface area contributed by atoms with E-state index in [-0.39, 0.29) is 25.7 Å². The Kier molecular flexibility index (Phi) is 78.7. The summed E-state index contributed by atoms with van der Waals surface area (Å²) >= 11 is 0. The molecule has 0 rings (SSSR count). The normalized spacial score (nSPS) is 13.8. The van der Waals surface area contributed by atoms with E-state index in [1.54, 1.807) is 0 Å². The predicted molar refractivity (Wildman–Crippen MR) is 437 cm³/mol. The van der Waals surface area contributed by atoms with E-state index in [4.69, 9.17) is 37.0 Å². The van der Waals surface area contributed by atoms with Gasteiger partial charge < -0.3 is 33.8 Å². The number of carbonyl (C=O) groups excluding carboxylic acids is 4. The number of allylic oxidation sites excluding steroid dienone is 4. The lowest BCUT2D eigenvalue weighted by molar-refractivity contribution is -0.161. The molecule has 0 aromatic carbocycles. The second-order valence-electron chi connectivity index (χ2n) is 30.6. The highest BCUT2D eigenvalue weighted by Crippen LogP contribution is 2.45. The molecule has 0 spiro atoms. The summed E-state index contributed by atoms with van der Waals surface area (Å²) in [6.45, 7) is 4.97. The Morgan fingerprint density at radius 2 is 0.453 bits per heavy atom. The third kappa shape index (κ3) is 79.6. The van der Waals surface area contributed by atoms with Crippen molar-refractivity contribution in [2.24, 2.45) is 0 Å². The van der Waals surface area contributed by atoms with Crippen molar-refractivity contribution < 1.29 is 80.2 Å². The highest BCUT2D eigenvalue weighted by atomic mass is 31.2. The van der Waals surface area contributed by atoms with Gasteiger partial charge in [0.2, 0.25) is 0 Å². The summed E-state index contributed by atoms with van der Waals surface area (Å²) in [7, 11) is -9.94. The van der Waals surface area contributed by atoms with Crippen molar-refractivity contribution in [2.75, 3.05) is 39.6 Å². The number of hydrogen-bond donors (Lipinski definition) is 3. The summed E-state index contributed by atoms with van der Waals surface area (Å²) in [5, 5.41) is 10.7. The highest BCUT2D eigenvalue weighted by Gasteiger charge is 2.30. The van der Waals surface area contributed by atoms with E-state index in [0.717, 1.165) is 103 Å². The number of phosphoric ester groups is 2. The number of ether oxygens (including phenoxy) is 4. The Morgan fingerprint density at radius 1 is 0.264 bits per heavy atom. The molecular weight excluding hydrogens is 1380 g/mol. The second kappa shape index (κ2) is 80.6. The first-order valence-corrected chi connectivity index (χ1v) is 47.6. The summed E-state index contributed by atoms with van der Waals surface area (Å²) in [4.78, 5) is 73.1. The van der Waals surface area contributed by atoms with Gasteiger partial charge in [-0.1, -0.05) is 399 Å². The van der Waals surface area contributed by atoms with E-state index in [1.165, 1.54) is 270 Å². The van der Waals surface area contributed by atoms with Crippen molar-refractivity contribution in [1.29, 1.82) is 0 Å². The number of phosphoric acid groups is 2. The lowest BCUT2D eigenvalue weighted by Gasteiger charge is -2.21. The van der Waals surface area contributed by atoms with Gasteiger partial charge in [-0.15, -0.1) is 0 Å². The fourth-order valence-electron chi connectivity index (χ4n) is 13.2. The largest absolute Gasteiger partial charge is 0.472 e. The maximum absolute atomic E-state index is 13.1. The molecule has 0 saturated carbocycles. The molecule has 0 aliphatic carbocycles. The van der Waals surface area contributed by atoms with Crippen molar-refractivity contribution in [3.05, 3.63) is 24.3 Å². The molecule has 2 unspecified atom stereocenters. The van der Waals surface area contributed by atoms with E-state index < -0.39 is 97.5 Å². The Hall–Kier alpha value is -2.46. The van der Waals surface area contributed by atoms with Gasteiger partial charge in [-0.3, -0.25) is 37.3 Å². The van der Waals surface area contributed by atoms with E-state index in [9.17, 15) is 43.2 Å². The van der Waals surface area contributed by atoms with Crippen LogP contribution in [0.25, 0.3) is 0 Å². The SMILES string of the molecule is CCCCCC/C=C\C=C/CCCCCCCC(=O)O[C@H](COC(=O)CCCCCCCCCCC)COP(=O)(O)OC[C@H](O)COP(=O)(O)OC[C@@H](COC(=O)CCCCCCCCCCCCCCCCCCCCCCC)OC(=O)CCCCCCCCCCCCCCCCCCCCCCC. The van der Waals surface area contributed by atoms with Gasteiger partial charge in [0.1, 0.15) is 19.3 Å². The van der Waals surface area contributed by atoms with Gasteiger partial charge in [-0.05, 0) is 51.4 Å². The van der Waals surface area contributed by atoms with Crippen molar-refractivity contribution in [2.45, 2.75) is 470 Å². The molecule has 626 valence electrons. The lowest BCUT2D eigenvalue weighted by atomic mass is 10.0. The molecular formula is C87H166O17P2. The standard InChI is InChI=1S/C87H166O17P2/c1-5-9-13-17-21-25-28-31-34-36-38-40-42-44-47-49-52-56-60-64-68-72-85(90)98-78-83(104-87(92)74-70-66-62-58-54-51-48-45-43-41-39-37-35-32-29-26-22-18-14-10-6-2)80-102-106(95,96)100-76-81(88)75-99-105(93,94)101-79-82(77-97-84(89)71-67-63-59-55-24-20-16-12-8-4)103-86(91)73-69-65-61-57-53-50-46-33-30-27-23-19-15-11-7-3/h27,30,33,46,81-83,88H,5-26,28-29,31-32,34-45,47-80H2,1-4H3,(H,93,94)(H,95,96)/b30-27-,46-33-/t81-,82+,83+/m0/s1. The number of aliphatic hydroxyl groups is 1. The molecule has 0 aromatic rings. The van der Waals surface area contributed by atoms with Crippen LogP contribution >= 0.6 is 15.6 Å². The van der Waals surface area contributed by atoms with Crippen LogP contribution in [0.5, 0.6) is 0 Å². The quantitative estimate of drug-likeness (QED) is 0.0169. The Bertz CT molecular complexity index is 2090. The Balaban J connectivity index is 5.22. The molecule has 0 fully saturated rings. The van der Waals surface area contributed by atoms with Crippen LogP contribution in [0.1, 0.15) is 451 Å². The molecule has 5 atom stereocenters. The molecule has 0 amide bonds. The summed E-state index contributed by atoms with van der Waals surface area (Å²) in [5.41, 5.74) is 0. The van der Waals surface area contributed by atoms with E-state index >= 15 is 0 Å². The van der Waals surface area contributed by atoms with E-state index in [0.29, 0.717) is 25.7 Å². The fourth-order valence-corrected chi connectivity index (χ4v) is 14.7. The number of hydrogen-bond acceptors (Lipinski definition) is 15. The van der Waals surface area contributed by atoms with Crippen LogP contribution in [0.4, 0.5) is 0 Å². The van der Waals surface area contributed by atoms with Crippen molar-refractivity contribution in [3.8, 4) is 0 Å². The van der Waals surface area contributed by atoms with Gasteiger partial charge in [-0.25, -0.2) is 9.13 Å². The smallest absolute Gasteiger partial charge is 0.462 e. The molecule has 0 radical (unpaired) electrons. The average Bonchev–Trinajstić information content (AvgIpc) is 0.901. The topological polar surface area (TPSA) is 237 Å². The number of aliphatic hydroxyl groups excluding tert-OH is 1. The van der Waals surface area contributed by atoms with Crippen LogP contribution in [-0.4, -0.2) is 96.7 Å². The molecule has 19 heteroatoms. The Morgan fingerprint density at radius 3 is 0.689 bits per heavy atom. The first kappa shape index (κ1) is 104. The van der Waals surface area contributed by atoms with Gasteiger partial charge in [0.05, 0.1) is 26.4 Å². The van der Waals surface area contributed by atoms with Crippen LogP contribution in [0.3, 0.4) is 0 Å². The van der Waals surface area contributed by atoms with Crippen molar-refractivity contribution >= 4 is 39.5 Å². The first-order chi connectivity index (χ1) is 51.7. The molecule has 17 nitrogen and oxygen atoms in total. The van der Waals surface area contributed by atoms with E-state index in [2.05, 4.69) is 52.0 Å². The number of unbranched alkanes of at least 4 members (excludes halogenated alkanes) is 57. The third-order valence-corrected chi connectivity index (χ3v) is 21.9. The average molecular weight is 1550 g/mol. The molecule has 106 heavy (non-hydrogen) atoms.